The molecule has 0 aliphatic carbocycles. The van der Waals surface area contributed by atoms with Crippen molar-refractivity contribution in [3.63, 3.8) is 0 Å². The molecule has 1 fully saturated rings. The van der Waals surface area contributed by atoms with Gasteiger partial charge in [0.05, 0.1) is 10.7 Å². The summed E-state index contributed by atoms with van der Waals surface area (Å²) in [5, 5.41) is 8.67. The van der Waals surface area contributed by atoms with Crippen molar-refractivity contribution in [2.24, 2.45) is 0 Å². The summed E-state index contributed by atoms with van der Waals surface area (Å²) in [6.07, 6.45) is 1.07. The van der Waals surface area contributed by atoms with Crippen LogP contribution in [0.5, 0.6) is 0 Å². The maximum atomic E-state index is 4.89. The Kier molecular flexibility index (Phi) is 6.48. The van der Waals surface area contributed by atoms with Crippen LogP contribution in [0.15, 0.2) is 5.38 Å². The van der Waals surface area contributed by atoms with Crippen molar-refractivity contribution in [3.8, 4) is 0 Å². The third kappa shape index (κ3) is 4.88. The van der Waals surface area contributed by atoms with Gasteiger partial charge in [0, 0.05) is 45.3 Å². The lowest BCUT2D eigenvalue weighted by Gasteiger charge is -2.34. The fourth-order valence-corrected chi connectivity index (χ4v) is 6.64. The van der Waals surface area contributed by atoms with Crippen LogP contribution in [-0.2, 0) is 11.8 Å². The van der Waals surface area contributed by atoms with Crippen LogP contribution < -0.4 is 5.32 Å². The summed E-state index contributed by atoms with van der Waals surface area (Å²) in [6.45, 7) is 12.3. The topological polar surface area (TPSA) is 24.9 Å². The second kappa shape index (κ2) is 7.71. The van der Waals surface area contributed by atoms with Gasteiger partial charge < -0.3 is 5.32 Å². The van der Waals surface area contributed by atoms with Crippen molar-refractivity contribution < 1.29 is 0 Å². The van der Waals surface area contributed by atoms with Gasteiger partial charge in [0.2, 0.25) is 0 Å². The van der Waals surface area contributed by atoms with E-state index in [4.69, 9.17) is 4.98 Å². The highest BCUT2D eigenvalue weighted by molar-refractivity contribution is 8.07. The number of thiazole rings is 1. The predicted molar refractivity (Wildman–Crippen MR) is 100 cm³/mol. The molecule has 1 aliphatic heterocycles. The molecule has 1 N–H and O–H groups in total. The van der Waals surface area contributed by atoms with Gasteiger partial charge in [0.15, 0.2) is 0 Å². The summed E-state index contributed by atoms with van der Waals surface area (Å²) in [5.41, 5.74) is 1.39. The molecule has 0 radical (unpaired) electrons. The van der Waals surface area contributed by atoms with Crippen LogP contribution >= 0.6 is 34.9 Å². The molecule has 21 heavy (non-hydrogen) atoms. The van der Waals surface area contributed by atoms with E-state index in [1.54, 1.807) is 0 Å². The van der Waals surface area contributed by atoms with Gasteiger partial charge in [-0.25, -0.2) is 4.98 Å². The lowest BCUT2D eigenvalue weighted by atomic mass is 9.93. The van der Waals surface area contributed by atoms with Crippen molar-refractivity contribution in [1.82, 2.24) is 10.3 Å². The van der Waals surface area contributed by atoms with E-state index < -0.39 is 0 Å². The maximum Gasteiger partial charge on any atom is 0.0944 e. The molecule has 1 aromatic heterocycles. The van der Waals surface area contributed by atoms with E-state index in [1.807, 2.05) is 11.3 Å². The molecular weight excluding hydrogens is 316 g/mol. The molecule has 3 atom stereocenters. The van der Waals surface area contributed by atoms with Gasteiger partial charge in [-0.3, -0.25) is 0 Å². The van der Waals surface area contributed by atoms with E-state index in [-0.39, 0.29) is 5.41 Å². The minimum atomic E-state index is 0.158. The minimum absolute atomic E-state index is 0.158. The molecule has 0 spiro atoms. The molecule has 3 unspecified atom stereocenters. The second-order valence-corrected chi connectivity index (χ2v) is 10.4. The SMILES string of the molecule is CCNC(Cc1nc(C(C)(C)C)cs1)C1SCCSC1C. The molecule has 0 aromatic carbocycles. The van der Waals surface area contributed by atoms with Gasteiger partial charge in [0.1, 0.15) is 0 Å². The molecule has 0 bridgehead atoms. The highest BCUT2D eigenvalue weighted by Crippen LogP contribution is 2.34. The number of aromatic nitrogens is 1. The van der Waals surface area contributed by atoms with E-state index in [9.17, 15) is 0 Å². The normalized spacial score (nSPS) is 25.0. The quantitative estimate of drug-likeness (QED) is 0.865. The summed E-state index contributed by atoms with van der Waals surface area (Å²) >= 11 is 6.10. The average molecular weight is 345 g/mol. The molecule has 0 amide bonds. The highest BCUT2D eigenvalue weighted by Gasteiger charge is 2.31. The third-order valence-electron chi connectivity index (χ3n) is 3.81. The molecule has 0 saturated carbocycles. The Hall–Kier alpha value is 0.290. The first-order valence-electron chi connectivity index (χ1n) is 7.83. The average Bonchev–Trinajstić information content (AvgIpc) is 2.87. The molecule has 2 heterocycles. The summed E-state index contributed by atoms with van der Waals surface area (Å²) in [6, 6.07) is 0.543. The van der Waals surface area contributed by atoms with Gasteiger partial charge in [-0.05, 0) is 6.54 Å². The van der Waals surface area contributed by atoms with Crippen molar-refractivity contribution in [3.05, 3.63) is 16.1 Å². The maximum absolute atomic E-state index is 4.89. The van der Waals surface area contributed by atoms with Crippen LogP contribution in [0.2, 0.25) is 0 Å². The minimum Gasteiger partial charge on any atom is -0.313 e. The first-order chi connectivity index (χ1) is 9.91. The highest BCUT2D eigenvalue weighted by atomic mass is 32.2. The second-order valence-electron chi connectivity index (χ2n) is 6.66. The molecule has 120 valence electrons. The molecule has 1 aliphatic rings. The van der Waals surface area contributed by atoms with Crippen LogP contribution in [0.25, 0.3) is 0 Å². The Bertz CT molecular complexity index is 439. The number of hydrogen-bond acceptors (Lipinski definition) is 5. The zero-order valence-corrected chi connectivity index (χ0v) is 16.3. The van der Waals surface area contributed by atoms with Crippen LogP contribution in [0, 0.1) is 0 Å². The molecule has 5 heteroatoms. The number of hydrogen-bond donors (Lipinski definition) is 1. The van der Waals surface area contributed by atoms with Crippen molar-refractivity contribution in [2.45, 2.75) is 63.0 Å². The lowest BCUT2D eigenvalue weighted by molar-refractivity contribution is 0.497. The predicted octanol–water partition coefficient (Wildman–Crippen LogP) is 4.20. The van der Waals surface area contributed by atoms with E-state index in [0.29, 0.717) is 11.3 Å². The number of thioether (sulfide) groups is 2. The third-order valence-corrected chi connectivity index (χ3v) is 7.94. The van der Waals surface area contributed by atoms with E-state index in [2.05, 4.69) is 68.8 Å². The van der Waals surface area contributed by atoms with Gasteiger partial charge in [-0.15, -0.1) is 11.3 Å². The first kappa shape index (κ1) is 17.6. The van der Waals surface area contributed by atoms with Crippen LogP contribution in [0.4, 0.5) is 0 Å². The Morgan fingerprint density at radius 2 is 2.05 bits per heavy atom. The fraction of sp³-hybridized carbons (Fsp3) is 0.812. The summed E-state index contributed by atoms with van der Waals surface area (Å²) < 4.78 is 0. The van der Waals surface area contributed by atoms with E-state index in [0.717, 1.165) is 18.2 Å². The first-order valence-corrected chi connectivity index (χ1v) is 10.8. The van der Waals surface area contributed by atoms with Crippen LogP contribution in [0.1, 0.15) is 45.3 Å². The Balaban J connectivity index is 2.07. The number of likely N-dealkylation sites (N-methyl/N-ethyl adjacent to an activating group) is 1. The Morgan fingerprint density at radius 3 is 2.62 bits per heavy atom. The van der Waals surface area contributed by atoms with E-state index >= 15 is 0 Å². The van der Waals surface area contributed by atoms with E-state index in [1.165, 1.54) is 22.2 Å². The molecule has 2 rings (SSSR count). The van der Waals surface area contributed by atoms with Gasteiger partial charge in [-0.2, -0.15) is 23.5 Å². The standard InChI is InChI=1S/C16H28N2S3/c1-6-17-12(15-11(2)19-7-8-20-15)9-14-18-13(10-21-14)16(3,4)5/h10-12,15,17H,6-9H2,1-5H3. The van der Waals surface area contributed by atoms with Crippen LogP contribution in [0.3, 0.4) is 0 Å². The van der Waals surface area contributed by atoms with Crippen LogP contribution in [-0.4, -0.2) is 39.6 Å². The fourth-order valence-electron chi connectivity index (χ4n) is 2.60. The number of rotatable bonds is 5. The van der Waals surface area contributed by atoms with Crippen molar-refractivity contribution in [2.75, 3.05) is 18.1 Å². The number of nitrogens with one attached hydrogen (secondary N) is 1. The summed E-state index contributed by atoms with van der Waals surface area (Å²) in [7, 11) is 0. The molecule has 1 aromatic rings. The summed E-state index contributed by atoms with van der Waals surface area (Å²) in [4.78, 5) is 4.89. The number of nitrogens with zero attached hydrogens (tertiary/aromatic N) is 1. The van der Waals surface area contributed by atoms with Crippen molar-refractivity contribution >= 4 is 34.9 Å². The summed E-state index contributed by atoms with van der Waals surface area (Å²) in [5.74, 6) is 2.58. The van der Waals surface area contributed by atoms with Gasteiger partial charge in [-0.1, -0.05) is 34.6 Å². The Morgan fingerprint density at radius 1 is 1.33 bits per heavy atom. The monoisotopic (exact) mass is 344 g/mol. The molecule has 1 saturated heterocycles. The zero-order chi connectivity index (χ0) is 15.5. The zero-order valence-electron chi connectivity index (χ0n) is 13.8. The largest absolute Gasteiger partial charge is 0.313 e. The molecular formula is C16H28N2S3. The van der Waals surface area contributed by atoms with Gasteiger partial charge in [0.25, 0.3) is 0 Å². The van der Waals surface area contributed by atoms with Crippen molar-refractivity contribution in [1.29, 1.82) is 0 Å². The Labute approximate surface area is 142 Å². The lowest BCUT2D eigenvalue weighted by Crippen LogP contribution is -2.45. The smallest absolute Gasteiger partial charge is 0.0944 e. The van der Waals surface area contributed by atoms with Gasteiger partial charge >= 0.3 is 0 Å². The molecule has 2 nitrogen and oxygen atoms in total.